The highest BCUT2D eigenvalue weighted by Gasteiger charge is 2.07. The predicted octanol–water partition coefficient (Wildman–Crippen LogP) is 2.46. The number of nitrogens with zero attached hydrogens (tertiary/aromatic N) is 1. The Balaban J connectivity index is 2.72. The van der Waals surface area contributed by atoms with Crippen LogP contribution in [0.15, 0.2) is 24.3 Å². The number of thiocarbonyl (C=S) groups is 1. The first kappa shape index (κ1) is 18.0. The Labute approximate surface area is 136 Å². The van der Waals surface area contributed by atoms with E-state index in [4.69, 9.17) is 21.7 Å². The highest BCUT2D eigenvalue weighted by atomic mass is 32.1. The maximum Gasteiger partial charge on any atom is 0.250 e. The number of carbonyl (C=O) groups is 1. The molecule has 0 saturated carbocycles. The van der Waals surface area contributed by atoms with Gasteiger partial charge in [0, 0.05) is 19.2 Å². The van der Waals surface area contributed by atoms with Crippen LogP contribution in [-0.2, 0) is 4.79 Å². The molecule has 0 aliphatic rings. The molecule has 0 radical (unpaired) electrons. The van der Waals surface area contributed by atoms with Crippen molar-refractivity contribution < 1.29 is 14.3 Å². The van der Waals surface area contributed by atoms with Crippen molar-refractivity contribution in [3.63, 3.8) is 0 Å². The van der Waals surface area contributed by atoms with E-state index in [1.807, 2.05) is 24.8 Å². The Kier molecular flexibility index (Phi) is 7.39. The largest absolute Gasteiger partial charge is 0.493 e. The van der Waals surface area contributed by atoms with Crippen molar-refractivity contribution in [3.8, 4) is 11.5 Å². The number of ether oxygens (including phenoxy) is 2. The van der Waals surface area contributed by atoms with Gasteiger partial charge in [0.05, 0.1) is 14.2 Å². The lowest BCUT2D eigenvalue weighted by atomic mass is 10.2. The minimum Gasteiger partial charge on any atom is -0.493 e. The lowest BCUT2D eigenvalue weighted by molar-refractivity contribution is -0.115. The Hall–Kier alpha value is -2.08. The lowest BCUT2D eigenvalue weighted by Crippen LogP contribution is -2.41. The molecule has 6 heteroatoms. The maximum atomic E-state index is 11.9. The Bertz CT molecular complexity index is 554. The first-order chi connectivity index (χ1) is 10.5. The summed E-state index contributed by atoms with van der Waals surface area (Å²) in [4.78, 5) is 13.8. The van der Waals surface area contributed by atoms with Crippen molar-refractivity contribution in [1.29, 1.82) is 0 Å². The molecule has 0 bridgehead atoms. The molecule has 0 unspecified atom stereocenters. The molecule has 1 aromatic rings. The second kappa shape index (κ2) is 9.04. The molecule has 0 aliphatic carbocycles. The molecule has 1 aromatic carbocycles. The Morgan fingerprint density at radius 3 is 2.41 bits per heavy atom. The van der Waals surface area contributed by atoms with Crippen molar-refractivity contribution in [3.05, 3.63) is 29.8 Å². The average Bonchev–Trinajstić information content (AvgIpc) is 2.53. The summed E-state index contributed by atoms with van der Waals surface area (Å²) in [6.07, 6.45) is 3.14. The monoisotopic (exact) mass is 322 g/mol. The fraction of sp³-hybridized carbons (Fsp3) is 0.375. The third-order valence-corrected chi connectivity index (χ3v) is 3.48. The van der Waals surface area contributed by atoms with Gasteiger partial charge in [0.15, 0.2) is 16.6 Å². The van der Waals surface area contributed by atoms with Crippen LogP contribution in [0.4, 0.5) is 0 Å². The number of hydrogen-bond acceptors (Lipinski definition) is 4. The number of methoxy groups -OCH3 is 2. The molecule has 0 spiro atoms. The second-order valence-corrected chi connectivity index (χ2v) is 4.80. The molecule has 22 heavy (non-hydrogen) atoms. The van der Waals surface area contributed by atoms with Crippen LogP contribution in [0.25, 0.3) is 6.08 Å². The summed E-state index contributed by atoms with van der Waals surface area (Å²) in [5, 5.41) is 3.12. The Morgan fingerprint density at radius 2 is 1.86 bits per heavy atom. The van der Waals surface area contributed by atoms with Gasteiger partial charge in [-0.05, 0) is 49.8 Å². The summed E-state index contributed by atoms with van der Waals surface area (Å²) in [6.45, 7) is 5.49. The van der Waals surface area contributed by atoms with Gasteiger partial charge in [-0.3, -0.25) is 10.1 Å². The summed E-state index contributed by atoms with van der Waals surface area (Å²) in [5.41, 5.74) is 0.835. The molecule has 0 aromatic heterocycles. The number of rotatable bonds is 6. The van der Waals surface area contributed by atoms with Crippen molar-refractivity contribution in [1.82, 2.24) is 10.2 Å². The van der Waals surface area contributed by atoms with Crippen LogP contribution in [0.1, 0.15) is 19.4 Å². The molecular weight excluding hydrogens is 300 g/mol. The first-order valence-corrected chi connectivity index (χ1v) is 7.46. The van der Waals surface area contributed by atoms with Crippen molar-refractivity contribution in [2.45, 2.75) is 13.8 Å². The minimum absolute atomic E-state index is 0.258. The number of hydrogen-bond donors (Lipinski definition) is 1. The second-order valence-electron chi connectivity index (χ2n) is 4.41. The van der Waals surface area contributed by atoms with Crippen LogP contribution >= 0.6 is 12.2 Å². The van der Waals surface area contributed by atoms with E-state index >= 15 is 0 Å². The van der Waals surface area contributed by atoms with Crippen LogP contribution in [-0.4, -0.2) is 43.2 Å². The van der Waals surface area contributed by atoms with E-state index in [0.717, 1.165) is 18.7 Å². The van der Waals surface area contributed by atoms with E-state index in [-0.39, 0.29) is 5.91 Å². The van der Waals surface area contributed by atoms with E-state index in [1.54, 1.807) is 32.4 Å². The van der Waals surface area contributed by atoms with Crippen LogP contribution in [0, 0.1) is 0 Å². The molecule has 0 fully saturated rings. The highest BCUT2D eigenvalue weighted by molar-refractivity contribution is 7.80. The summed E-state index contributed by atoms with van der Waals surface area (Å²) in [5.74, 6) is 1.00. The third kappa shape index (κ3) is 5.04. The van der Waals surface area contributed by atoms with Gasteiger partial charge in [0.2, 0.25) is 5.91 Å². The molecule has 0 saturated heterocycles. The first-order valence-electron chi connectivity index (χ1n) is 7.05. The highest BCUT2D eigenvalue weighted by Crippen LogP contribution is 2.27. The van der Waals surface area contributed by atoms with Crippen LogP contribution in [0.5, 0.6) is 11.5 Å². The van der Waals surface area contributed by atoms with Crippen molar-refractivity contribution >= 4 is 29.3 Å². The summed E-state index contributed by atoms with van der Waals surface area (Å²) in [7, 11) is 3.15. The van der Waals surface area contributed by atoms with E-state index in [2.05, 4.69) is 5.32 Å². The van der Waals surface area contributed by atoms with Gasteiger partial charge in [0.1, 0.15) is 0 Å². The van der Waals surface area contributed by atoms with Crippen LogP contribution < -0.4 is 14.8 Å². The zero-order valence-electron chi connectivity index (χ0n) is 13.4. The maximum absolute atomic E-state index is 11.9. The number of amides is 1. The van der Waals surface area contributed by atoms with Gasteiger partial charge >= 0.3 is 0 Å². The van der Waals surface area contributed by atoms with E-state index in [9.17, 15) is 4.79 Å². The fourth-order valence-corrected chi connectivity index (χ4v) is 2.22. The van der Waals surface area contributed by atoms with Gasteiger partial charge in [-0.15, -0.1) is 0 Å². The van der Waals surface area contributed by atoms with Gasteiger partial charge in [-0.2, -0.15) is 0 Å². The third-order valence-electron chi connectivity index (χ3n) is 3.12. The van der Waals surface area contributed by atoms with Gasteiger partial charge in [0.25, 0.3) is 0 Å². The molecule has 0 heterocycles. The van der Waals surface area contributed by atoms with Gasteiger partial charge in [-0.25, -0.2) is 0 Å². The van der Waals surface area contributed by atoms with E-state index in [0.29, 0.717) is 16.6 Å². The van der Waals surface area contributed by atoms with Crippen LogP contribution in [0.2, 0.25) is 0 Å². The minimum atomic E-state index is -0.258. The number of benzene rings is 1. The molecule has 5 nitrogen and oxygen atoms in total. The van der Waals surface area contributed by atoms with Gasteiger partial charge in [-0.1, -0.05) is 6.07 Å². The topological polar surface area (TPSA) is 50.8 Å². The standard InChI is InChI=1S/C16H22N2O3S/c1-5-18(6-2)16(22)17-15(19)10-8-12-7-9-13(20-3)14(11-12)21-4/h7-11H,5-6H2,1-4H3,(H,17,19,22). The fourth-order valence-electron chi connectivity index (χ4n) is 1.87. The molecule has 0 aliphatic heterocycles. The van der Waals surface area contributed by atoms with Crippen LogP contribution in [0.3, 0.4) is 0 Å². The van der Waals surface area contributed by atoms with Crippen molar-refractivity contribution in [2.75, 3.05) is 27.3 Å². The molecule has 120 valence electrons. The molecule has 1 N–H and O–H groups in total. The zero-order chi connectivity index (χ0) is 16.5. The SMILES string of the molecule is CCN(CC)C(=S)NC(=O)C=Cc1ccc(OC)c(OC)c1. The Morgan fingerprint density at radius 1 is 1.23 bits per heavy atom. The number of nitrogens with one attached hydrogen (secondary N) is 1. The zero-order valence-corrected chi connectivity index (χ0v) is 14.2. The molecule has 1 rings (SSSR count). The summed E-state index contributed by atoms with van der Waals surface area (Å²) < 4.78 is 10.4. The predicted molar refractivity (Wildman–Crippen MR) is 92.2 cm³/mol. The molecular formula is C16H22N2O3S. The summed E-state index contributed by atoms with van der Waals surface area (Å²) in [6, 6.07) is 5.43. The number of carbonyl (C=O) groups excluding carboxylic acids is 1. The van der Waals surface area contributed by atoms with Crippen molar-refractivity contribution in [2.24, 2.45) is 0 Å². The van der Waals surface area contributed by atoms with Gasteiger partial charge < -0.3 is 14.4 Å². The van der Waals surface area contributed by atoms with E-state index < -0.39 is 0 Å². The summed E-state index contributed by atoms with van der Waals surface area (Å²) >= 11 is 5.18. The smallest absolute Gasteiger partial charge is 0.250 e. The quantitative estimate of drug-likeness (QED) is 0.644. The molecule has 1 amide bonds. The van der Waals surface area contributed by atoms with E-state index in [1.165, 1.54) is 6.08 Å². The normalized spacial score (nSPS) is 10.4. The lowest BCUT2D eigenvalue weighted by Gasteiger charge is -2.21. The average molecular weight is 322 g/mol. The molecule has 0 atom stereocenters.